The molecule has 0 bridgehead atoms. The molecule has 2 aromatic carbocycles. The minimum Gasteiger partial charge on any atom is -0.490 e. The van der Waals surface area contributed by atoms with E-state index in [4.69, 9.17) is 9.47 Å². The lowest BCUT2D eigenvalue weighted by atomic mass is 10.1. The molecule has 5 rings (SSSR count). The van der Waals surface area contributed by atoms with Gasteiger partial charge >= 0.3 is 0 Å². The summed E-state index contributed by atoms with van der Waals surface area (Å²) in [5, 5.41) is 4.22. The van der Waals surface area contributed by atoms with Crippen LogP contribution in [0.3, 0.4) is 0 Å². The second kappa shape index (κ2) is 7.37. The number of fused-ring (bicyclic) bond motifs is 1. The summed E-state index contributed by atoms with van der Waals surface area (Å²) in [6.07, 6.45) is 5.01. The highest BCUT2D eigenvalue weighted by molar-refractivity contribution is 6.01. The van der Waals surface area contributed by atoms with Crippen molar-refractivity contribution in [3.8, 4) is 16.9 Å². The van der Waals surface area contributed by atoms with Gasteiger partial charge < -0.3 is 14.4 Å². The molecular weight excluding hydrogens is 366 g/mol. The molecule has 0 saturated carbocycles. The number of aryl methyl sites for hydroxylation is 1. The highest BCUT2D eigenvalue weighted by Gasteiger charge is 2.31. The number of nitrogens with zero attached hydrogens (tertiary/aromatic N) is 3. The lowest BCUT2D eigenvalue weighted by Gasteiger charge is -2.26. The van der Waals surface area contributed by atoms with E-state index < -0.39 is 0 Å². The zero-order valence-corrected chi connectivity index (χ0v) is 16.4. The minimum absolute atomic E-state index is 0.0291. The summed E-state index contributed by atoms with van der Waals surface area (Å²) in [6.45, 7) is 2.48. The Bertz CT molecular complexity index is 1040. The molecule has 1 saturated heterocycles. The molecule has 1 amide bonds. The fourth-order valence-corrected chi connectivity index (χ4v) is 3.83. The van der Waals surface area contributed by atoms with Crippen molar-refractivity contribution in [2.75, 3.05) is 13.2 Å². The number of amides is 1. The van der Waals surface area contributed by atoms with Crippen LogP contribution in [-0.4, -0.2) is 39.9 Å². The fourth-order valence-electron chi connectivity index (χ4n) is 3.83. The number of carbonyl (C=O) groups excluding carboxylic acids is 1. The summed E-state index contributed by atoms with van der Waals surface area (Å²) in [5.74, 6) is 0.693. The Morgan fingerprint density at radius 1 is 1.17 bits per heavy atom. The van der Waals surface area contributed by atoms with Gasteiger partial charge in [0.2, 0.25) is 0 Å². The van der Waals surface area contributed by atoms with Gasteiger partial charge in [-0.15, -0.1) is 0 Å². The van der Waals surface area contributed by atoms with Crippen LogP contribution in [0.1, 0.15) is 27.9 Å². The Morgan fingerprint density at radius 3 is 2.69 bits per heavy atom. The van der Waals surface area contributed by atoms with E-state index in [0.29, 0.717) is 31.0 Å². The van der Waals surface area contributed by atoms with Gasteiger partial charge in [0, 0.05) is 44.9 Å². The molecule has 6 nitrogen and oxygen atoms in total. The molecular formula is C23H23N3O3. The van der Waals surface area contributed by atoms with Gasteiger partial charge in [0.05, 0.1) is 17.9 Å². The van der Waals surface area contributed by atoms with Crippen molar-refractivity contribution in [3.05, 3.63) is 71.5 Å². The van der Waals surface area contributed by atoms with Crippen molar-refractivity contribution >= 4 is 5.91 Å². The largest absolute Gasteiger partial charge is 0.490 e. The number of carbonyl (C=O) groups is 1. The first-order valence-electron chi connectivity index (χ1n) is 9.91. The number of rotatable bonds is 6. The first-order valence-corrected chi connectivity index (χ1v) is 9.91. The number of benzene rings is 2. The van der Waals surface area contributed by atoms with Crippen molar-refractivity contribution in [3.63, 3.8) is 0 Å². The first-order chi connectivity index (χ1) is 14.2. The van der Waals surface area contributed by atoms with Gasteiger partial charge in [-0.3, -0.25) is 9.48 Å². The Kier molecular flexibility index (Phi) is 4.56. The molecule has 1 atom stereocenters. The lowest BCUT2D eigenvalue weighted by Crippen LogP contribution is -2.32. The molecule has 2 aliphatic heterocycles. The van der Waals surface area contributed by atoms with Gasteiger partial charge in [-0.25, -0.2) is 0 Å². The van der Waals surface area contributed by atoms with Gasteiger partial charge in [0.1, 0.15) is 12.4 Å². The third kappa shape index (κ3) is 3.51. The van der Waals surface area contributed by atoms with E-state index in [0.717, 1.165) is 35.3 Å². The number of aromatic nitrogens is 2. The van der Waals surface area contributed by atoms with E-state index in [-0.39, 0.29) is 12.0 Å². The van der Waals surface area contributed by atoms with E-state index in [1.165, 1.54) is 0 Å². The number of ether oxygens (including phenoxy) is 2. The summed E-state index contributed by atoms with van der Waals surface area (Å²) in [4.78, 5) is 14.9. The maximum Gasteiger partial charge on any atom is 0.258 e. The summed E-state index contributed by atoms with van der Waals surface area (Å²) in [6, 6.07) is 14.1. The van der Waals surface area contributed by atoms with Gasteiger partial charge in [-0.2, -0.15) is 5.10 Å². The van der Waals surface area contributed by atoms with Crippen molar-refractivity contribution < 1.29 is 14.3 Å². The van der Waals surface area contributed by atoms with Crippen LogP contribution in [-0.2, 0) is 24.9 Å². The maximum atomic E-state index is 13.0. The molecule has 0 N–H and O–H groups in total. The van der Waals surface area contributed by atoms with Crippen LogP contribution < -0.4 is 4.74 Å². The van der Waals surface area contributed by atoms with E-state index in [1.807, 2.05) is 42.5 Å². The van der Waals surface area contributed by atoms with E-state index in [2.05, 4.69) is 29.4 Å². The van der Waals surface area contributed by atoms with Crippen LogP contribution in [0.25, 0.3) is 11.1 Å². The second-order valence-corrected chi connectivity index (χ2v) is 7.64. The van der Waals surface area contributed by atoms with Gasteiger partial charge in [-0.05, 0) is 22.8 Å². The first kappa shape index (κ1) is 17.9. The highest BCUT2D eigenvalue weighted by Crippen LogP contribution is 2.32. The molecule has 1 aromatic heterocycles. The van der Waals surface area contributed by atoms with Crippen LogP contribution in [0.15, 0.2) is 54.9 Å². The van der Waals surface area contributed by atoms with Gasteiger partial charge in [0.25, 0.3) is 5.91 Å². The van der Waals surface area contributed by atoms with E-state index in [1.54, 1.807) is 4.68 Å². The molecule has 148 valence electrons. The van der Waals surface area contributed by atoms with Gasteiger partial charge in [0.15, 0.2) is 0 Å². The summed E-state index contributed by atoms with van der Waals surface area (Å²) >= 11 is 0. The Balaban J connectivity index is 1.29. The average Bonchev–Trinajstić information content (AvgIpc) is 3.25. The molecule has 3 heterocycles. The van der Waals surface area contributed by atoms with E-state index in [9.17, 15) is 4.79 Å². The quantitative estimate of drug-likeness (QED) is 0.648. The monoisotopic (exact) mass is 389 g/mol. The Hall–Kier alpha value is -3.12. The predicted octanol–water partition coefficient (Wildman–Crippen LogP) is 3.41. The molecule has 3 aromatic rings. The Labute approximate surface area is 169 Å². The normalized spacial score (nSPS) is 17.9. The summed E-state index contributed by atoms with van der Waals surface area (Å²) in [7, 11) is 1.91. The standard InChI is InChI=1S/C23H23N3O3/c1-25-13-19(11-24-25)17-7-5-16(6-8-17)12-26-14-18-3-2-4-21(22(18)23(26)27)29-15-20-9-10-28-20/h2-8,11,13,20H,9-10,12,14-15H2,1H3. The zero-order chi connectivity index (χ0) is 19.8. The van der Waals surface area contributed by atoms with Crippen LogP contribution in [0.5, 0.6) is 5.75 Å². The minimum atomic E-state index is 0.0291. The molecule has 1 fully saturated rings. The van der Waals surface area contributed by atoms with E-state index >= 15 is 0 Å². The topological polar surface area (TPSA) is 56.6 Å². The molecule has 0 aliphatic carbocycles. The summed E-state index contributed by atoms with van der Waals surface area (Å²) in [5.41, 5.74) is 5.02. The predicted molar refractivity (Wildman–Crippen MR) is 109 cm³/mol. The molecule has 2 aliphatic rings. The molecule has 1 unspecified atom stereocenters. The van der Waals surface area contributed by atoms with Crippen LogP contribution in [0.2, 0.25) is 0 Å². The zero-order valence-electron chi connectivity index (χ0n) is 16.4. The molecule has 0 spiro atoms. The number of hydrogen-bond donors (Lipinski definition) is 0. The Morgan fingerprint density at radius 2 is 2.00 bits per heavy atom. The highest BCUT2D eigenvalue weighted by atomic mass is 16.5. The third-order valence-corrected chi connectivity index (χ3v) is 5.56. The third-order valence-electron chi connectivity index (χ3n) is 5.56. The van der Waals surface area contributed by atoms with Crippen molar-refractivity contribution in [2.24, 2.45) is 7.05 Å². The maximum absolute atomic E-state index is 13.0. The average molecular weight is 389 g/mol. The molecule has 0 radical (unpaired) electrons. The lowest BCUT2D eigenvalue weighted by molar-refractivity contribution is -0.0721. The van der Waals surface area contributed by atoms with Crippen molar-refractivity contribution in [1.29, 1.82) is 0 Å². The fraction of sp³-hybridized carbons (Fsp3) is 0.304. The SMILES string of the molecule is Cn1cc(-c2ccc(CN3Cc4cccc(OCC5CCO5)c4C3=O)cc2)cn1. The van der Waals surface area contributed by atoms with Crippen LogP contribution >= 0.6 is 0 Å². The second-order valence-electron chi connectivity index (χ2n) is 7.64. The van der Waals surface area contributed by atoms with Crippen molar-refractivity contribution in [1.82, 2.24) is 14.7 Å². The smallest absolute Gasteiger partial charge is 0.258 e. The van der Waals surface area contributed by atoms with Crippen LogP contribution in [0.4, 0.5) is 0 Å². The van der Waals surface area contributed by atoms with Crippen LogP contribution in [0, 0.1) is 0 Å². The molecule has 29 heavy (non-hydrogen) atoms. The van der Waals surface area contributed by atoms with Gasteiger partial charge in [-0.1, -0.05) is 36.4 Å². The summed E-state index contributed by atoms with van der Waals surface area (Å²) < 4.78 is 13.1. The number of hydrogen-bond acceptors (Lipinski definition) is 4. The van der Waals surface area contributed by atoms with Crippen molar-refractivity contribution in [2.45, 2.75) is 25.6 Å². The molecule has 6 heteroatoms.